The van der Waals surface area contributed by atoms with Gasteiger partial charge in [0.15, 0.2) is 5.69 Å². The first-order valence-electron chi connectivity index (χ1n) is 8.33. The molecular formula is C19H15Cl2FN4O3. The molecule has 0 aliphatic heterocycles. The van der Waals surface area contributed by atoms with Crippen LogP contribution in [0.3, 0.4) is 0 Å². The van der Waals surface area contributed by atoms with Gasteiger partial charge in [-0.2, -0.15) is 0 Å². The molecule has 0 unspecified atom stereocenters. The largest absolute Gasteiger partial charge is 0.465 e. The third-order valence-electron chi connectivity index (χ3n) is 4.14. The van der Waals surface area contributed by atoms with Gasteiger partial charge in [0.2, 0.25) is 0 Å². The van der Waals surface area contributed by atoms with Gasteiger partial charge in [0.1, 0.15) is 5.82 Å². The molecule has 0 saturated carbocycles. The third kappa shape index (κ3) is 4.55. The number of esters is 1. The molecule has 0 bridgehead atoms. The van der Waals surface area contributed by atoms with Crippen molar-refractivity contribution in [1.82, 2.24) is 15.0 Å². The summed E-state index contributed by atoms with van der Waals surface area (Å²) in [6.07, 6.45) is 0. The van der Waals surface area contributed by atoms with Gasteiger partial charge in [0.25, 0.3) is 5.91 Å². The number of methoxy groups -OCH3 is 1. The Hall–Kier alpha value is -2.97. The van der Waals surface area contributed by atoms with E-state index in [4.69, 9.17) is 23.2 Å². The maximum Gasteiger partial charge on any atom is 0.340 e. The number of aromatic nitrogens is 3. The predicted octanol–water partition coefficient (Wildman–Crippen LogP) is 4.12. The Labute approximate surface area is 175 Å². The lowest BCUT2D eigenvalue weighted by molar-refractivity contribution is 0.0595. The standard InChI is InChI=1S/C19H15Cl2FN4O3/c1-10-17(24-25-26(10)9-11-3-5-14(20)15(21)7-11)18(27)23-12-4-6-16(22)13(8-12)19(28)29-2/h3-8H,9H2,1-2H3,(H,23,27). The van der Waals surface area contributed by atoms with Crippen LogP contribution in [0.2, 0.25) is 10.0 Å². The van der Waals surface area contributed by atoms with Crippen molar-refractivity contribution < 1.29 is 18.7 Å². The molecule has 1 amide bonds. The Bertz CT molecular complexity index is 1100. The van der Waals surface area contributed by atoms with Gasteiger partial charge in [-0.05, 0) is 42.8 Å². The first-order valence-corrected chi connectivity index (χ1v) is 9.09. The van der Waals surface area contributed by atoms with E-state index in [-0.39, 0.29) is 16.9 Å². The molecule has 0 radical (unpaired) electrons. The maximum absolute atomic E-state index is 13.7. The highest BCUT2D eigenvalue weighted by molar-refractivity contribution is 6.42. The van der Waals surface area contributed by atoms with Crippen LogP contribution in [0.1, 0.15) is 32.1 Å². The lowest BCUT2D eigenvalue weighted by atomic mass is 10.2. The molecule has 3 rings (SSSR count). The van der Waals surface area contributed by atoms with Crippen LogP contribution in [0.5, 0.6) is 0 Å². The summed E-state index contributed by atoms with van der Waals surface area (Å²) in [5, 5.41) is 11.3. The lowest BCUT2D eigenvalue weighted by Crippen LogP contribution is -2.15. The van der Waals surface area contributed by atoms with Crippen LogP contribution in [0.4, 0.5) is 10.1 Å². The molecule has 2 aromatic carbocycles. The van der Waals surface area contributed by atoms with Gasteiger partial charge in [-0.3, -0.25) is 4.79 Å². The smallest absolute Gasteiger partial charge is 0.340 e. The van der Waals surface area contributed by atoms with Gasteiger partial charge >= 0.3 is 5.97 Å². The molecule has 1 aromatic heterocycles. The zero-order valence-electron chi connectivity index (χ0n) is 15.4. The number of anilines is 1. The van der Waals surface area contributed by atoms with Gasteiger partial charge in [-0.15, -0.1) is 5.10 Å². The molecule has 0 saturated heterocycles. The summed E-state index contributed by atoms with van der Waals surface area (Å²) in [5.41, 5.74) is 1.37. The van der Waals surface area contributed by atoms with Crippen molar-refractivity contribution >= 4 is 40.8 Å². The van der Waals surface area contributed by atoms with E-state index in [0.29, 0.717) is 22.3 Å². The molecule has 1 N–H and O–H groups in total. The molecule has 0 aliphatic carbocycles. The summed E-state index contributed by atoms with van der Waals surface area (Å²) in [6, 6.07) is 8.76. The Morgan fingerprint density at radius 3 is 2.62 bits per heavy atom. The third-order valence-corrected chi connectivity index (χ3v) is 4.88. The number of hydrogen-bond acceptors (Lipinski definition) is 5. The van der Waals surface area contributed by atoms with Crippen molar-refractivity contribution in [1.29, 1.82) is 0 Å². The fraction of sp³-hybridized carbons (Fsp3) is 0.158. The minimum Gasteiger partial charge on any atom is -0.465 e. The SMILES string of the molecule is COC(=O)c1cc(NC(=O)c2nnn(Cc3ccc(Cl)c(Cl)c3)c2C)ccc1F. The minimum absolute atomic E-state index is 0.0917. The number of amides is 1. The van der Waals surface area contributed by atoms with Crippen molar-refractivity contribution in [3.8, 4) is 0 Å². The summed E-state index contributed by atoms with van der Waals surface area (Å²) in [6.45, 7) is 2.03. The van der Waals surface area contributed by atoms with Crippen LogP contribution >= 0.6 is 23.2 Å². The topological polar surface area (TPSA) is 86.1 Å². The minimum atomic E-state index is -0.845. The first-order chi connectivity index (χ1) is 13.8. The van der Waals surface area contributed by atoms with Crippen molar-refractivity contribution in [2.24, 2.45) is 0 Å². The summed E-state index contributed by atoms with van der Waals surface area (Å²) in [7, 11) is 1.14. The number of hydrogen-bond donors (Lipinski definition) is 1. The van der Waals surface area contributed by atoms with Crippen LogP contribution in [0, 0.1) is 12.7 Å². The second-order valence-electron chi connectivity index (χ2n) is 6.07. The average Bonchev–Trinajstić information content (AvgIpc) is 3.06. The zero-order valence-corrected chi connectivity index (χ0v) is 16.9. The normalized spacial score (nSPS) is 10.7. The fourth-order valence-corrected chi connectivity index (χ4v) is 2.91. The number of rotatable bonds is 5. The van der Waals surface area contributed by atoms with Crippen LogP contribution in [-0.4, -0.2) is 34.0 Å². The Morgan fingerprint density at radius 1 is 1.17 bits per heavy atom. The van der Waals surface area contributed by atoms with Crippen molar-refractivity contribution in [3.05, 3.63) is 74.8 Å². The van der Waals surface area contributed by atoms with Crippen LogP contribution < -0.4 is 5.32 Å². The van der Waals surface area contributed by atoms with Crippen LogP contribution in [0.15, 0.2) is 36.4 Å². The van der Waals surface area contributed by atoms with Crippen molar-refractivity contribution in [3.63, 3.8) is 0 Å². The quantitative estimate of drug-likeness (QED) is 0.607. The molecule has 7 nitrogen and oxygen atoms in total. The van der Waals surface area contributed by atoms with E-state index >= 15 is 0 Å². The molecule has 150 valence electrons. The highest BCUT2D eigenvalue weighted by Gasteiger charge is 2.19. The molecular weight excluding hydrogens is 422 g/mol. The molecule has 0 fully saturated rings. The van der Waals surface area contributed by atoms with E-state index in [2.05, 4.69) is 20.4 Å². The van der Waals surface area contributed by atoms with E-state index in [0.717, 1.165) is 18.7 Å². The number of nitrogens with zero attached hydrogens (tertiary/aromatic N) is 3. The number of nitrogens with one attached hydrogen (secondary N) is 1. The summed E-state index contributed by atoms with van der Waals surface area (Å²) in [4.78, 5) is 24.2. The molecule has 29 heavy (non-hydrogen) atoms. The highest BCUT2D eigenvalue weighted by atomic mass is 35.5. The van der Waals surface area contributed by atoms with E-state index < -0.39 is 17.7 Å². The number of carbonyl (C=O) groups excluding carboxylic acids is 2. The van der Waals surface area contributed by atoms with Gasteiger partial charge in [0, 0.05) is 5.69 Å². The molecule has 3 aromatic rings. The van der Waals surface area contributed by atoms with E-state index in [1.165, 1.54) is 12.1 Å². The maximum atomic E-state index is 13.7. The molecule has 0 aliphatic rings. The predicted molar refractivity (Wildman–Crippen MR) is 106 cm³/mol. The first kappa shape index (κ1) is 20.8. The summed E-state index contributed by atoms with van der Waals surface area (Å²) in [5.74, 6) is -2.15. The van der Waals surface area contributed by atoms with Gasteiger partial charge in [-0.25, -0.2) is 13.9 Å². The highest BCUT2D eigenvalue weighted by Crippen LogP contribution is 2.23. The van der Waals surface area contributed by atoms with E-state index in [9.17, 15) is 14.0 Å². The summed E-state index contributed by atoms with van der Waals surface area (Å²) < 4.78 is 19.8. The summed E-state index contributed by atoms with van der Waals surface area (Å²) >= 11 is 11.9. The Kier molecular flexibility index (Phi) is 6.14. The Morgan fingerprint density at radius 2 is 1.93 bits per heavy atom. The molecule has 1 heterocycles. The van der Waals surface area contributed by atoms with Crippen molar-refractivity contribution in [2.45, 2.75) is 13.5 Å². The number of carbonyl (C=O) groups is 2. The monoisotopic (exact) mass is 436 g/mol. The van der Waals surface area contributed by atoms with Gasteiger partial charge in [0.05, 0.1) is 35.0 Å². The van der Waals surface area contributed by atoms with E-state index in [1.54, 1.807) is 29.8 Å². The average molecular weight is 437 g/mol. The zero-order chi connectivity index (χ0) is 21.1. The van der Waals surface area contributed by atoms with Crippen LogP contribution in [-0.2, 0) is 11.3 Å². The number of benzene rings is 2. The van der Waals surface area contributed by atoms with Gasteiger partial charge < -0.3 is 10.1 Å². The molecule has 10 heteroatoms. The lowest BCUT2D eigenvalue weighted by Gasteiger charge is -2.08. The fourth-order valence-electron chi connectivity index (χ4n) is 2.59. The second-order valence-corrected chi connectivity index (χ2v) is 6.88. The van der Waals surface area contributed by atoms with Crippen LogP contribution in [0.25, 0.3) is 0 Å². The van der Waals surface area contributed by atoms with Crippen molar-refractivity contribution in [2.75, 3.05) is 12.4 Å². The number of ether oxygens (including phenoxy) is 1. The molecule has 0 spiro atoms. The molecule has 0 atom stereocenters. The number of halogens is 3. The second kappa shape index (κ2) is 8.59. The Balaban J connectivity index is 1.79. The van der Waals surface area contributed by atoms with Gasteiger partial charge in [-0.1, -0.05) is 34.5 Å². The van der Waals surface area contributed by atoms with E-state index in [1.807, 2.05) is 0 Å².